The molecule has 1 N–H and O–H groups in total. The first-order chi connectivity index (χ1) is 11.6. The molecule has 1 heterocycles. The lowest BCUT2D eigenvalue weighted by molar-refractivity contribution is 0.184. The second kappa shape index (κ2) is 7.49. The van der Waals surface area contributed by atoms with Crippen molar-refractivity contribution in [1.82, 2.24) is 9.55 Å². The highest BCUT2D eigenvalue weighted by Gasteiger charge is 2.13. The third-order valence-corrected chi connectivity index (χ3v) is 4.12. The maximum atomic E-state index is 9.97. The summed E-state index contributed by atoms with van der Waals surface area (Å²) in [6.45, 7) is 5.36. The van der Waals surface area contributed by atoms with Crippen molar-refractivity contribution in [2.75, 3.05) is 6.61 Å². The van der Waals surface area contributed by atoms with Crippen molar-refractivity contribution in [1.29, 1.82) is 0 Å². The molecule has 3 aromatic rings. The van der Waals surface area contributed by atoms with Crippen molar-refractivity contribution in [3.63, 3.8) is 0 Å². The van der Waals surface area contributed by atoms with Crippen LogP contribution in [0.1, 0.15) is 37.3 Å². The van der Waals surface area contributed by atoms with Crippen molar-refractivity contribution in [2.45, 2.75) is 39.3 Å². The molecule has 4 heteroatoms. The van der Waals surface area contributed by atoms with Gasteiger partial charge in [0.05, 0.1) is 17.6 Å². The highest BCUT2D eigenvalue weighted by atomic mass is 16.5. The fraction of sp³-hybridized carbons (Fsp3) is 0.350. The molecule has 4 nitrogen and oxygen atoms in total. The van der Waals surface area contributed by atoms with Crippen LogP contribution < -0.4 is 4.74 Å². The number of rotatable bonds is 7. The Labute approximate surface area is 142 Å². The molecule has 0 fully saturated rings. The SMILES string of the molecule is Cc1ccc(OCCCCn2c(C(C)O)nc3ccccc32)cc1. The minimum Gasteiger partial charge on any atom is -0.494 e. The zero-order valence-corrected chi connectivity index (χ0v) is 14.3. The molecule has 3 rings (SSSR count). The lowest BCUT2D eigenvalue weighted by Gasteiger charge is -2.11. The number of para-hydroxylation sites is 2. The first-order valence-electron chi connectivity index (χ1n) is 8.48. The molecule has 1 aromatic heterocycles. The highest BCUT2D eigenvalue weighted by molar-refractivity contribution is 5.75. The van der Waals surface area contributed by atoms with Crippen LogP contribution in [-0.4, -0.2) is 21.3 Å². The molecular formula is C20H24N2O2. The number of fused-ring (bicyclic) bond motifs is 1. The van der Waals surface area contributed by atoms with Crippen molar-refractivity contribution in [3.05, 3.63) is 59.9 Å². The average Bonchev–Trinajstić information content (AvgIpc) is 2.95. The van der Waals surface area contributed by atoms with Gasteiger partial charge in [-0.3, -0.25) is 0 Å². The fourth-order valence-electron chi connectivity index (χ4n) is 2.84. The van der Waals surface area contributed by atoms with E-state index >= 15 is 0 Å². The molecule has 126 valence electrons. The number of aliphatic hydroxyl groups is 1. The molecule has 1 unspecified atom stereocenters. The first kappa shape index (κ1) is 16.5. The molecule has 0 radical (unpaired) electrons. The Balaban J connectivity index is 1.57. The van der Waals surface area contributed by atoms with E-state index in [4.69, 9.17) is 4.74 Å². The van der Waals surface area contributed by atoms with E-state index in [1.807, 2.05) is 30.3 Å². The summed E-state index contributed by atoms with van der Waals surface area (Å²) in [5.41, 5.74) is 3.25. The van der Waals surface area contributed by atoms with Crippen molar-refractivity contribution < 1.29 is 9.84 Å². The molecular weight excluding hydrogens is 300 g/mol. The van der Waals surface area contributed by atoms with Crippen LogP contribution in [0.15, 0.2) is 48.5 Å². The van der Waals surface area contributed by atoms with Crippen LogP contribution in [0.25, 0.3) is 11.0 Å². The molecule has 24 heavy (non-hydrogen) atoms. The lowest BCUT2D eigenvalue weighted by Crippen LogP contribution is -2.08. The van der Waals surface area contributed by atoms with Gasteiger partial charge >= 0.3 is 0 Å². The number of benzene rings is 2. The van der Waals surface area contributed by atoms with Gasteiger partial charge in [0.15, 0.2) is 0 Å². The van der Waals surface area contributed by atoms with E-state index in [0.29, 0.717) is 6.61 Å². The summed E-state index contributed by atoms with van der Waals surface area (Å²) in [5, 5.41) is 9.97. The minimum absolute atomic E-state index is 0.568. The summed E-state index contributed by atoms with van der Waals surface area (Å²) in [7, 11) is 0. The van der Waals surface area contributed by atoms with E-state index in [2.05, 4.69) is 34.7 Å². The number of unbranched alkanes of at least 4 members (excludes halogenated alkanes) is 1. The number of aromatic nitrogens is 2. The topological polar surface area (TPSA) is 47.3 Å². The maximum Gasteiger partial charge on any atom is 0.138 e. The van der Waals surface area contributed by atoms with Crippen LogP contribution in [0.5, 0.6) is 5.75 Å². The molecule has 0 spiro atoms. The first-order valence-corrected chi connectivity index (χ1v) is 8.48. The predicted octanol–water partition coefficient (Wildman–Crippen LogP) is 4.26. The fourth-order valence-corrected chi connectivity index (χ4v) is 2.84. The van der Waals surface area contributed by atoms with Gasteiger partial charge in [-0.25, -0.2) is 4.98 Å². The second-order valence-corrected chi connectivity index (χ2v) is 6.15. The van der Waals surface area contributed by atoms with Crippen LogP contribution in [0.2, 0.25) is 0 Å². The number of aryl methyl sites for hydroxylation is 2. The minimum atomic E-state index is -0.568. The summed E-state index contributed by atoms with van der Waals surface area (Å²) in [6.07, 6.45) is 1.37. The van der Waals surface area contributed by atoms with Gasteiger partial charge in [-0.1, -0.05) is 29.8 Å². The quantitative estimate of drug-likeness (QED) is 0.661. The standard InChI is InChI=1S/C20H24N2O2/c1-15-9-11-17(12-10-15)24-14-6-5-13-22-19-8-4-3-7-18(19)21-20(22)16(2)23/h3-4,7-12,16,23H,5-6,13-14H2,1-2H3. The molecule has 0 aliphatic heterocycles. The number of ether oxygens (including phenoxy) is 1. The van der Waals surface area contributed by atoms with Crippen LogP contribution in [-0.2, 0) is 6.54 Å². The highest BCUT2D eigenvalue weighted by Crippen LogP contribution is 2.21. The smallest absolute Gasteiger partial charge is 0.138 e. The number of imidazole rings is 1. The summed E-state index contributed by atoms with van der Waals surface area (Å²) in [6, 6.07) is 16.1. The van der Waals surface area contributed by atoms with Gasteiger partial charge in [-0.05, 0) is 51.0 Å². The van der Waals surface area contributed by atoms with E-state index in [1.54, 1.807) is 6.92 Å². The van der Waals surface area contributed by atoms with E-state index in [-0.39, 0.29) is 0 Å². The molecule has 0 bridgehead atoms. The van der Waals surface area contributed by atoms with Gasteiger partial charge in [0.2, 0.25) is 0 Å². The van der Waals surface area contributed by atoms with Crippen molar-refractivity contribution >= 4 is 11.0 Å². The third-order valence-electron chi connectivity index (χ3n) is 4.12. The van der Waals surface area contributed by atoms with Gasteiger partial charge in [-0.2, -0.15) is 0 Å². The summed E-state index contributed by atoms with van der Waals surface area (Å²) in [5.74, 6) is 1.65. The molecule has 0 saturated heterocycles. The van der Waals surface area contributed by atoms with Gasteiger partial charge in [0.25, 0.3) is 0 Å². The van der Waals surface area contributed by atoms with E-state index in [0.717, 1.165) is 42.0 Å². The molecule has 0 saturated carbocycles. The zero-order chi connectivity index (χ0) is 16.9. The van der Waals surface area contributed by atoms with Gasteiger partial charge in [-0.15, -0.1) is 0 Å². The molecule has 1 atom stereocenters. The molecule has 0 aliphatic rings. The Kier molecular flexibility index (Phi) is 5.16. The Morgan fingerprint density at radius 1 is 1.08 bits per heavy atom. The third kappa shape index (κ3) is 3.77. The predicted molar refractivity (Wildman–Crippen MR) is 96.3 cm³/mol. The lowest BCUT2D eigenvalue weighted by atomic mass is 10.2. The van der Waals surface area contributed by atoms with Gasteiger partial charge in [0, 0.05) is 6.54 Å². The Morgan fingerprint density at radius 2 is 1.83 bits per heavy atom. The van der Waals surface area contributed by atoms with E-state index < -0.39 is 6.10 Å². The van der Waals surface area contributed by atoms with E-state index in [9.17, 15) is 5.11 Å². The van der Waals surface area contributed by atoms with Crippen molar-refractivity contribution in [2.24, 2.45) is 0 Å². The maximum absolute atomic E-state index is 9.97. The normalized spacial score (nSPS) is 12.5. The van der Waals surface area contributed by atoms with Crippen LogP contribution >= 0.6 is 0 Å². The van der Waals surface area contributed by atoms with Gasteiger partial charge in [0.1, 0.15) is 17.7 Å². The summed E-state index contributed by atoms with van der Waals surface area (Å²) in [4.78, 5) is 4.55. The zero-order valence-electron chi connectivity index (χ0n) is 14.3. The second-order valence-electron chi connectivity index (χ2n) is 6.15. The number of nitrogens with zero attached hydrogens (tertiary/aromatic N) is 2. The van der Waals surface area contributed by atoms with Crippen LogP contribution in [0.4, 0.5) is 0 Å². The largest absolute Gasteiger partial charge is 0.494 e. The summed E-state index contributed by atoms with van der Waals surface area (Å²) < 4.78 is 7.89. The monoisotopic (exact) mass is 324 g/mol. The average molecular weight is 324 g/mol. The molecule has 2 aromatic carbocycles. The van der Waals surface area contributed by atoms with Crippen LogP contribution in [0.3, 0.4) is 0 Å². The number of aliphatic hydroxyl groups excluding tert-OH is 1. The van der Waals surface area contributed by atoms with Crippen LogP contribution in [0, 0.1) is 6.92 Å². The Hall–Kier alpha value is -2.33. The Morgan fingerprint density at radius 3 is 2.58 bits per heavy atom. The van der Waals surface area contributed by atoms with E-state index in [1.165, 1.54) is 5.56 Å². The number of hydrogen-bond acceptors (Lipinski definition) is 3. The number of hydrogen-bond donors (Lipinski definition) is 1. The molecule has 0 aliphatic carbocycles. The van der Waals surface area contributed by atoms with Crippen molar-refractivity contribution in [3.8, 4) is 5.75 Å². The molecule has 0 amide bonds. The Bertz CT molecular complexity index is 791. The van der Waals surface area contributed by atoms with Gasteiger partial charge < -0.3 is 14.4 Å². The summed E-state index contributed by atoms with van der Waals surface area (Å²) >= 11 is 0.